The highest BCUT2D eigenvalue weighted by Gasteiger charge is 2.60. The molecule has 2 aliphatic rings. The molecule has 1 N–H and O–H groups in total. The van der Waals surface area contributed by atoms with E-state index in [1.165, 1.54) is 19.3 Å². The normalized spacial score (nSPS) is 18.2. The van der Waals surface area contributed by atoms with E-state index in [1.807, 2.05) is 45.9 Å². The van der Waals surface area contributed by atoms with Gasteiger partial charge in [0.1, 0.15) is 5.82 Å². The number of Topliss-reactive ketones (excluding diaryl/α,β-unsaturated/α-hetero) is 1. The lowest BCUT2D eigenvalue weighted by Gasteiger charge is -2.26. The summed E-state index contributed by atoms with van der Waals surface area (Å²) in [6, 6.07) is 10.1. The molecular formula is C28H32N4O3. The Morgan fingerprint density at radius 2 is 1.91 bits per heavy atom. The van der Waals surface area contributed by atoms with Crippen LogP contribution in [0.25, 0.3) is 11.1 Å². The highest BCUT2D eigenvalue weighted by Crippen LogP contribution is 2.65. The molecule has 2 aliphatic carbocycles. The summed E-state index contributed by atoms with van der Waals surface area (Å²) in [5.74, 6) is 1.33. The molecule has 0 saturated heterocycles. The molecule has 7 nitrogen and oxygen atoms in total. The molecule has 5 rings (SSSR count). The maximum absolute atomic E-state index is 12.6. The van der Waals surface area contributed by atoms with Crippen molar-refractivity contribution in [1.29, 1.82) is 0 Å². The van der Waals surface area contributed by atoms with Crippen LogP contribution in [0.2, 0.25) is 0 Å². The Kier molecular flexibility index (Phi) is 5.82. The second-order valence-electron chi connectivity index (χ2n) is 11.1. The molecular weight excluding hydrogens is 440 g/mol. The van der Waals surface area contributed by atoms with Crippen LogP contribution < -0.4 is 5.32 Å². The van der Waals surface area contributed by atoms with Gasteiger partial charge in [-0.15, -0.1) is 0 Å². The molecule has 2 saturated carbocycles. The van der Waals surface area contributed by atoms with E-state index in [9.17, 15) is 9.59 Å². The molecule has 1 atom stereocenters. The summed E-state index contributed by atoms with van der Waals surface area (Å²) in [7, 11) is 0. The maximum Gasteiger partial charge on any atom is 0.238 e. The molecule has 2 heterocycles. The number of ketones is 1. The van der Waals surface area contributed by atoms with Gasteiger partial charge in [0.15, 0.2) is 0 Å². The number of amides is 1. The molecule has 1 amide bonds. The number of carbonyl (C=O) groups excluding carboxylic acids is 2. The minimum absolute atomic E-state index is 0.0989. The van der Waals surface area contributed by atoms with E-state index in [1.54, 1.807) is 6.20 Å². The zero-order chi connectivity index (χ0) is 24.8. The molecule has 3 aromatic rings. The van der Waals surface area contributed by atoms with Crippen LogP contribution in [-0.4, -0.2) is 26.8 Å². The molecule has 0 bridgehead atoms. The van der Waals surface area contributed by atoms with Crippen LogP contribution in [0.4, 0.5) is 5.82 Å². The van der Waals surface area contributed by atoms with Crippen molar-refractivity contribution in [3.8, 4) is 11.1 Å². The Balaban J connectivity index is 1.22. The van der Waals surface area contributed by atoms with E-state index >= 15 is 0 Å². The first-order valence-corrected chi connectivity index (χ1v) is 12.4. The van der Waals surface area contributed by atoms with Crippen molar-refractivity contribution < 1.29 is 14.1 Å². The van der Waals surface area contributed by atoms with Crippen LogP contribution in [0.5, 0.6) is 0 Å². The summed E-state index contributed by atoms with van der Waals surface area (Å²) >= 11 is 0. The third kappa shape index (κ3) is 4.77. The Bertz CT molecular complexity index is 1280. The van der Waals surface area contributed by atoms with Gasteiger partial charge in [0.2, 0.25) is 23.4 Å². The number of nitrogens with one attached hydrogen (secondary N) is 1. The van der Waals surface area contributed by atoms with Crippen LogP contribution in [0.3, 0.4) is 0 Å². The third-order valence-electron chi connectivity index (χ3n) is 7.48. The second kappa shape index (κ2) is 8.70. The summed E-state index contributed by atoms with van der Waals surface area (Å²) in [4.78, 5) is 33.8. The minimum atomic E-state index is -0.287. The van der Waals surface area contributed by atoms with E-state index in [0.29, 0.717) is 30.0 Å². The number of aromatic nitrogens is 3. The summed E-state index contributed by atoms with van der Waals surface area (Å²) in [6.07, 6.45) is 7.28. The Morgan fingerprint density at radius 3 is 2.54 bits per heavy atom. The number of pyridine rings is 1. The lowest BCUT2D eigenvalue weighted by molar-refractivity contribution is -0.118. The fraction of sp³-hybridized carbons (Fsp3) is 0.464. The summed E-state index contributed by atoms with van der Waals surface area (Å²) in [5.41, 5.74) is 4.26. The number of anilines is 1. The molecule has 35 heavy (non-hydrogen) atoms. The third-order valence-corrected chi connectivity index (χ3v) is 7.48. The van der Waals surface area contributed by atoms with Crippen molar-refractivity contribution in [2.45, 2.75) is 71.6 Å². The average Bonchev–Trinajstić information content (AvgIpc) is 3.38. The first kappa shape index (κ1) is 23.4. The molecule has 1 aromatic carbocycles. The molecule has 1 spiro atoms. The van der Waals surface area contributed by atoms with Crippen LogP contribution in [0, 0.1) is 18.3 Å². The van der Waals surface area contributed by atoms with Crippen molar-refractivity contribution in [2.24, 2.45) is 11.3 Å². The Labute approximate surface area is 205 Å². The fourth-order valence-electron chi connectivity index (χ4n) is 4.95. The number of aryl methyl sites for hydroxylation is 2. The van der Waals surface area contributed by atoms with Crippen LogP contribution in [0.15, 0.2) is 41.1 Å². The van der Waals surface area contributed by atoms with Gasteiger partial charge in [-0.1, -0.05) is 50.5 Å². The quantitative estimate of drug-likeness (QED) is 0.444. The largest absolute Gasteiger partial charge is 0.338 e. The summed E-state index contributed by atoms with van der Waals surface area (Å²) in [6.45, 7) is 7.95. The lowest BCUT2D eigenvalue weighted by Crippen LogP contribution is -2.23. The topological polar surface area (TPSA) is 98.0 Å². The zero-order valence-corrected chi connectivity index (χ0v) is 20.9. The zero-order valence-electron chi connectivity index (χ0n) is 20.9. The van der Waals surface area contributed by atoms with E-state index in [4.69, 9.17) is 4.52 Å². The first-order chi connectivity index (χ1) is 16.6. The maximum atomic E-state index is 12.6. The van der Waals surface area contributed by atoms with Crippen LogP contribution in [0.1, 0.15) is 80.5 Å². The van der Waals surface area contributed by atoms with E-state index in [2.05, 4.69) is 32.6 Å². The molecule has 1 unspecified atom stereocenters. The second-order valence-corrected chi connectivity index (χ2v) is 11.1. The van der Waals surface area contributed by atoms with Gasteiger partial charge in [0, 0.05) is 24.0 Å². The van der Waals surface area contributed by atoms with E-state index in [0.717, 1.165) is 28.7 Å². The van der Waals surface area contributed by atoms with Crippen molar-refractivity contribution >= 4 is 17.5 Å². The number of carbonyl (C=O) groups is 2. The Hall–Kier alpha value is -3.35. The molecule has 0 aliphatic heterocycles. The first-order valence-electron chi connectivity index (χ1n) is 12.4. The fourth-order valence-corrected chi connectivity index (χ4v) is 4.95. The van der Waals surface area contributed by atoms with Gasteiger partial charge in [-0.25, -0.2) is 4.98 Å². The number of benzene rings is 1. The van der Waals surface area contributed by atoms with Crippen molar-refractivity contribution in [3.63, 3.8) is 0 Å². The predicted octanol–water partition coefficient (Wildman–Crippen LogP) is 5.68. The number of hydrogen-bond donors (Lipinski definition) is 1. The molecule has 0 radical (unpaired) electrons. The van der Waals surface area contributed by atoms with Crippen LogP contribution >= 0.6 is 0 Å². The summed E-state index contributed by atoms with van der Waals surface area (Å²) < 4.78 is 5.25. The average molecular weight is 473 g/mol. The number of nitrogens with zero attached hydrogens (tertiary/aromatic N) is 3. The number of hydrogen-bond acceptors (Lipinski definition) is 6. The molecule has 7 heteroatoms. The van der Waals surface area contributed by atoms with Gasteiger partial charge in [0.05, 0.1) is 0 Å². The Morgan fingerprint density at radius 1 is 1.14 bits per heavy atom. The number of rotatable bonds is 7. The van der Waals surface area contributed by atoms with E-state index in [-0.39, 0.29) is 28.8 Å². The van der Waals surface area contributed by atoms with Crippen molar-refractivity contribution in [3.05, 3.63) is 59.4 Å². The summed E-state index contributed by atoms with van der Waals surface area (Å²) in [5, 5.41) is 6.87. The highest BCUT2D eigenvalue weighted by molar-refractivity contribution is 5.95. The van der Waals surface area contributed by atoms with E-state index < -0.39 is 0 Å². The highest BCUT2D eigenvalue weighted by atomic mass is 16.5. The van der Waals surface area contributed by atoms with Gasteiger partial charge in [-0.2, -0.15) is 4.98 Å². The van der Waals surface area contributed by atoms with Crippen molar-refractivity contribution in [1.82, 2.24) is 15.1 Å². The van der Waals surface area contributed by atoms with Crippen molar-refractivity contribution in [2.75, 3.05) is 5.32 Å². The predicted molar refractivity (Wildman–Crippen MR) is 133 cm³/mol. The molecule has 182 valence electrons. The van der Waals surface area contributed by atoms with Gasteiger partial charge in [-0.05, 0) is 72.4 Å². The van der Waals surface area contributed by atoms with Gasteiger partial charge in [-0.3, -0.25) is 9.59 Å². The lowest BCUT2D eigenvalue weighted by atomic mass is 9.80. The van der Waals surface area contributed by atoms with Gasteiger partial charge in [0.25, 0.3) is 0 Å². The smallest absolute Gasteiger partial charge is 0.238 e. The van der Waals surface area contributed by atoms with Gasteiger partial charge >= 0.3 is 0 Å². The van der Waals surface area contributed by atoms with Gasteiger partial charge < -0.3 is 9.84 Å². The minimum Gasteiger partial charge on any atom is -0.338 e. The standard InChI is InChI=1S/C28H32N4O3/c1-17-14-19(7-6-18(17)8-9-22(33)24-31-26(35-32-24)27(2,3)4)20-10-13-29-23(15-20)30-25(34)21-16-28(21)11-5-12-28/h6-7,10,13-15,21H,5,8-9,11-12,16H2,1-4H3,(H,29,30,34). The molecule has 2 aromatic heterocycles. The SMILES string of the molecule is Cc1cc(-c2ccnc(NC(=O)C3CC34CCC4)c2)ccc1CCC(=O)c1noc(C(C)(C)C)n1. The monoisotopic (exact) mass is 472 g/mol. The van der Waals surface area contributed by atoms with Crippen LogP contribution in [-0.2, 0) is 16.6 Å². The molecule has 2 fully saturated rings.